The molecule has 86 valence electrons. The fraction of sp³-hybridized carbons (Fsp3) is 0.333. The molecule has 0 aromatic heterocycles. The minimum absolute atomic E-state index is 0.425. The van der Waals surface area contributed by atoms with E-state index in [9.17, 15) is 9.59 Å². The average Bonchev–Trinajstić information content (AvgIpc) is 2.17. The van der Waals surface area contributed by atoms with Crippen molar-refractivity contribution in [3.63, 3.8) is 0 Å². The third-order valence-electron chi connectivity index (χ3n) is 2.67. The van der Waals surface area contributed by atoms with Gasteiger partial charge in [0.1, 0.15) is 5.41 Å². The molecule has 0 aliphatic carbocycles. The Morgan fingerprint density at radius 1 is 1.19 bits per heavy atom. The summed E-state index contributed by atoms with van der Waals surface area (Å²) in [4.78, 5) is 21.9. The molecule has 1 rings (SSSR count). The van der Waals surface area contributed by atoms with E-state index in [1.54, 1.807) is 24.3 Å². The van der Waals surface area contributed by atoms with Crippen molar-refractivity contribution in [2.24, 2.45) is 0 Å². The summed E-state index contributed by atoms with van der Waals surface area (Å²) in [6, 6.07) is 6.87. The van der Waals surface area contributed by atoms with Crippen LogP contribution in [0.2, 0.25) is 0 Å². The standard InChI is InChI=1S/C12H14O4/c1-8-3-5-9(6-4-8)12(2,11(15)16)7-10(13)14/h3-6H,7H2,1-2H3,(H,13,14)(H,15,16)/t12-/m1/s1. The molecule has 0 unspecified atom stereocenters. The van der Waals surface area contributed by atoms with Gasteiger partial charge in [-0.2, -0.15) is 0 Å². The number of carboxylic acid groups (broad SMARTS) is 2. The number of carbonyl (C=O) groups is 2. The van der Waals surface area contributed by atoms with Crippen LogP contribution in [0.4, 0.5) is 0 Å². The van der Waals surface area contributed by atoms with E-state index in [0.717, 1.165) is 5.56 Å². The van der Waals surface area contributed by atoms with E-state index in [1.165, 1.54) is 6.92 Å². The maximum atomic E-state index is 11.2. The van der Waals surface area contributed by atoms with Crippen LogP contribution in [-0.2, 0) is 15.0 Å². The molecule has 2 N–H and O–H groups in total. The first kappa shape index (κ1) is 12.2. The lowest BCUT2D eigenvalue weighted by Crippen LogP contribution is -2.34. The highest BCUT2D eigenvalue weighted by Crippen LogP contribution is 2.28. The van der Waals surface area contributed by atoms with Crippen molar-refractivity contribution >= 4 is 11.9 Å². The first-order chi connectivity index (χ1) is 7.36. The molecule has 0 spiro atoms. The molecule has 0 saturated carbocycles. The van der Waals surface area contributed by atoms with E-state index in [2.05, 4.69) is 0 Å². The maximum absolute atomic E-state index is 11.2. The summed E-state index contributed by atoms with van der Waals surface area (Å²) in [6.45, 7) is 3.31. The van der Waals surface area contributed by atoms with Gasteiger partial charge >= 0.3 is 11.9 Å². The topological polar surface area (TPSA) is 74.6 Å². The van der Waals surface area contributed by atoms with Crippen molar-refractivity contribution in [3.05, 3.63) is 35.4 Å². The molecule has 1 atom stereocenters. The highest BCUT2D eigenvalue weighted by atomic mass is 16.4. The van der Waals surface area contributed by atoms with Crippen LogP contribution in [-0.4, -0.2) is 22.2 Å². The molecule has 0 aliphatic heterocycles. The van der Waals surface area contributed by atoms with Crippen molar-refractivity contribution in [2.75, 3.05) is 0 Å². The van der Waals surface area contributed by atoms with Crippen LogP contribution < -0.4 is 0 Å². The molecule has 0 aliphatic rings. The van der Waals surface area contributed by atoms with Gasteiger partial charge in [0.05, 0.1) is 6.42 Å². The molecule has 0 bridgehead atoms. The van der Waals surface area contributed by atoms with Crippen molar-refractivity contribution in [3.8, 4) is 0 Å². The summed E-state index contributed by atoms with van der Waals surface area (Å²) in [5.74, 6) is -2.25. The van der Waals surface area contributed by atoms with E-state index in [4.69, 9.17) is 10.2 Å². The minimum Gasteiger partial charge on any atom is -0.481 e. The van der Waals surface area contributed by atoms with E-state index in [-0.39, 0.29) is 0 Å². The van der Waals surface area contributed by atoms with Crippen LogP contribution >= 0.6 is 0 Å². The Kier molecular flexibility index (Phi) is 3.32. The van der Waals surface area contributed by atoms with Gasteiger partial charge in [0.25, 0.3) is 0 Å². The molecular weight excluding hydrogens is 208 g/mol. The average molecular weight is 222 g/mol. The summed E-state index contributed by atoms with van der Waals surface area (Å²) in [7, 11) is 0. The van der Waals surface area contributed by atoms with Gasteiger partial charge in [-0.15, -0.1) is 0 Å². The molecule has 4 nitrogen and oxygen atoms in total. The van der Waals surface area contributed by atoms with Crippen LogP contribution in [0.5, 0.6) is 0 Å². The van der Waals surface area contributed by atoms with Gasteiger partial charge in [0, 0.05) is 0 Å². The summed E-state index contributed by atoms with van der Waals surface area (Å²) < 4.78 is 0. The lowest BCUT2D eigenvalue weighted by molar-refractivity contribution is -0.149. The molecule has 16 heavy (non-hydrogen) atoms. The SMILES string of the molecule is Cc1ccc([C@@](C)(CC(=O)O)C(=O)O)cc1. The van der Waals surface area contributed by atoms with Gasteiger partial charge in [-0.05, 0) is 19.4 Å². The van der Waals surface area contributed by atoms with Gasteiger partial charge in [-0.3, -0.25) is 9.59 Å². The van der Waals surface area contributed by atoms with E-state index >= 15 is 0 Å². The fourth-order valence-corrected chi connectivity index (χ4v) is 1.53. The Labute approximate surface area is 93.5 Å². The van der Waals surface area contributed by atoms with Crippen LogP contribution in [0.15, 0.2) is 24.3 Å². The maximum Gasteiger partial charge on any atom is 0.314 e. The van der Waals surface area contributed by atoms with Crippen molar-refractivity contribution < 1.29 is 19.8 Å². The predicted molar refractivity (Wildman–Crippen MR) is 58.4 cm³/mol. The van der Waals surface area contributed by atoms with Crippen LogP contribution in [0, 0.1) is 6.92 Å². The van der Waals surface area contributed by atoms with Crippen molar-refractivity contribution in [2.45, 2.75) is 25.7 Å². The second-order valence-corrected chi connectivity index (χ2v) is 4.07. The third-order valence-corrected chi connectivity index (χ3v) is 2.67. The van der Waals surface area contributed by atoms with Crippen molar-refractivity contribution in [1.29, 1.82) is 0 Å². The zero-order valence-corrected chi connectivity index (χ0v) is 9.23. The largest absolute Gasteiger partial charge is 0.481 e. The summed E-state index contributed by atoms with van der Waals surface area (Å²) >= 11 is 0. The number of benzene rings is 1. The molecule has 0 heterocycles. The van der Waals surface area contributed by atoms with Crippen molar-refractivity contribution in [1.82, 2.24) is 0 Å². The normalized spacial score (nSPS) is 14.1. The molecule has 0 saturated heterocycles. The molecular formula is C12H14O4. The quantitative estimate of drug-likeness (QED) is 0.814. The number of hydrogen-bond acceptors (Lipinski definition) is 2. The highest BCUT2D eigenvalue weighted by Gasteiger charge is 2.37. The fourth-order valence-electron chi connectivity index (χ4n) is 1.53. The Morgan fingerprint density at radius 2 is 1.69 bits per heavy atom. The molecule has 1 aromatic rings. The second-order valence-electron chi connectivity index (χ2n) is 4.07. The number of aliphatic carboxylic acids is 2. The van der Waals surface area contributed by atoms with Gasteiger partial charge in [0.15, 0.2) is 0 Å². The summed E-state index contributed by atoms with van der Waals surface area (Å²) in [5.41, 5.74) is 0.138. The number of rotatable bonds is 4. The number of hydrogen-bond donors (Lipinski definition) is 2. The van der Waals surface area contributed by atoms with Crippen LogP contribution in [0.25, 0.3) is 0 Å². The molecule has 0 amide bonds. The number of carboxylic acids is 2. The van der Waals surface area contributed by atoms with Gasteiger partial charge < -0.3 is 10.2 Å². The first-order valence-electron chi connectivity index (χ1n) is 4.88. The number of aryl methyl sites for hydroxylation is 1. The Bertz CT molecular complexity index is 408. The smallest absolute Gasteiger partial charge is 0.314 e. The molecule has 0 fully saturated rings. The van der Waals surface area contributed by atoms with Crippen LogP contribution in [0.1, 0.15) is 24.5 Å². The van der Waals surface area contributed by atoms with E-state index < -0.39 is 23.8 Å². The van der Waals surface area contributed by atoms with Crippen LogP contribution in [0.3, 0.4) is 0 Å². The van der Waals surface area contributed by atoms with Gasteiger partial charge in [0.2, 0.25) is 0 Å². The zero-order chi connectivity index (χ0) is 12.3. The van der Waals surface area contributed by atoms with E-state index in [1.807, 2.05) is 6.92 Å². The van der Waals surface area contributed by atoms with Gasteiger partial charge in [-0.25, -0.2) is 0 Å². The third kappa shape index (κ3) is 2.39. The zero-order valence-electron chi connectivity index (χ0n) is 9.23. The first-order valence-corrected chi connectivity index (χ1v) is 4.88. The lowest BCUT2D eigenvalue weighted by atomic mass is 9.79. The Balaban J connectivity index is 3.16. The Morgan fingerprint density at radius 3 is 2.06 bits per heavy atom. The highest BCUT2D eigenvalue weighted by molar-refractivity contribution is 5.86. The molecule has 0 radical (unpaired) electrons. The monoisotopic (exact) mass is 222 g/mol. The second kappa shape index (κ2) is 4.35. The summed E-state index contributed by atoms with van der Waals surface area (Å²) in [6.07, 6.45) is -0.425. The Hall–Kier alpha value is -1.84. The van der Waals surface area contributed by atoms with Gasteiger partial charge in [-0.1, -0.05) is 29.8 Å². The minimum atomic E-state index is -1.38. The molecule has 1 aromatic carbocycles. The molecule has 4 heteroatoms. The summed E-state index contributed by atoms with van der Waals surface area (Å²) in [5, 5.41) is 17.9. The predicted octanol–water partition coefficient (Wildman–Crippen LogP) is 1.81. The van der Waals surface area contributed by atoms with E-state index in [0.29, 0.717) is 5.56 Å². The lowest BCUT2D eigenvalue weighted by Gasteiger charge is -2.23.